The molecule has 22 heavy (non-hydrogen) atoms. The normalized spacial score (nSPS) is 10.8. The lowest BCUT2D eigenvalue weighted by atomic mass is 10.2. The molecule has 0 aromatic carbocycles. The number of fused-ring (bicyclic) bond motifs is 1. The molecule has 0 spiro atoms. The summed E-state index contributed by atoms with van der Waals surface area (Å²) in [4.78, 5) is 30.2. The second-order valence-electron chi connectivity index (χ2n) is 4.76. The van der Waals surface area contributed by atoms with Crippen molar-refractivity contribution in [1.29, 1.82) is 0 Å². The summed E-state index contributed by atoms with van der Waals surface area (Å²) in [5, 5.41) is 3.56. The van der Waals surface area contributed by atoms with E-state index in [1.807, 2.05) is 0 Å². The fraction of sp³-hybridized carbons (Fsp3) is 0.214. The fourth-order valence-corrected chi connectivity index (χ4v) is 2.02. The number of aromatic nitrogens is 5. The van der Waals surface area contributed by atoms with Crippen molar-refractivity contribution in [2.45, 2.75) is 13.3 Å². The van der Waals surface area contributed by atoms with E-state index in [2.05, 4.69) is 30.2 Å². The molecule has 0 atom stereocenters. The molecule has 0 aliphatic heterocycles. The van der Waals surface area contributed by atoms with Crippen LogP contribution in [-0.4, -0.2) is 37.2 Å². The van der Waals surface area contributed by atoms with Crippen LogP contribution in [0.2, 0.25) is 0 Å². The average Bonchev–Trinajstić information content (AvgIpc) is 2.93. The first-order valence-electron chi connectivity index (χ1n) is 6.68. The summed E-state index contributed by atoms with van der Waals surface area (Å²) in [7, 11) is 0. The van der Waals surface area contributed by atoms with Gasteiger partial charge in [-0.05, 0) is 6.92 Å². The van der Waals surface area contributed by atoms with Crippen molar-refractivity contribution >= 4 is 22.6 Å². The van der Waals surface area contributed by atoms with E-state index in [1.165, 1.54) is 13.3 Å². The lowest BCUT2D eigenvalue weighted by molar-refractivity contribution is -0.116. The third kappa shape index (κ3) is 2.76. The quantitative estimate of drug-likeness (QED) is 0.747. The smallest absolute Gasteiger partial charge is 0.183 e. The van der Waals surface area contributed by atoms with Gasteiger partial charge in [-0.25, -0.2) is 24.3 Å². The standard InChI is InChI=1S/C14H13FN6O/c1-8(22)2-3-17-14-11(15)6-19-13(21-14)10-5-18-12-9(10)4-16-7-20-12/h4-7H,2-3H2,1H3,(H,16,18,20)(H,17,19,21). The number of nitrogens with zero attached hydrogens (tertiary/aromatic N) is 4. The van der Waals surface area contributed by atoms with Crippen molar-refractivity contribution in [2.75, 3.05) is 11.9 Å². The Morgan fingerprint density at radius 2 is 2.23 bits per heavy atom. The number of rotatable bonds is 5. The van der Waals surface area contributed by atoms with E-state index in [0.29, 0.717) is 30.0 Å². The molecule has 0 aliphatic rings. The van der Waals surface area contributed by atoms with Crippen LogP contribution in [0.5, 0.6) is 0 Å². The number of halogens is 1. The van der Waals surface area contributed by atoms with Crippen molar-refractivity contribution in [3.63, 3.8) is 0 Å². The van der Waals surface area contributed by atoms with Gasteiger partial charge in [0.05, 0.1) is 6.20 Å². The highest BCUT2D eigenvalue weighted by Gasteiger charge is 2.13. The van der Waals surface area contributed by atoms with Crippen LogP contribution in [0.4, 0.5) is 10.2 Å². The lowest BCUT2D eigenvalue weighted by Crippen LogP contribution is -2.09. The molecule has 0 unspecified atom stereocenters. The number of ketones is 1. The second kappa shape index (κ2) is 5.84. The average molecular weight is 300 g/mol. The summed E-state index contributed by atoms with van der Waals surface area (Å²) >= 11 is 0. The van der Waals surface area contributed by atoms with Gasteiger partial charge in [-0.15, -0.1) is 0 Å². The number of carbonyl (C=O) groups is 1. The van der Waals surface area contributed by atoms with Crippen LogP contribution < -0.4 is 5.32 Å². The predicted molar refractivity (Wildman–Crippen MR) is 78.7 cm³/mol. The van der Waals surface area contributed by atoms with E-state index >= 15 is 0 Å². The zero-order valence-corrected chi connectivity index (χ0v) is 11.8. The van der Waals surface area contributed by atoms with E-state index in [0.717, 1.165) is 11.6 Å². The highest BCUT2D eigenvalue weighted by Crippen LogP contribution is 2.25. The molecule has 0 amide bonds. The molecular formula is C14H13FN6O. The Kier molecular flexibility index (Phi) is 3.73. The number of hydrogen-bond donors (Lipinski definition) is 2. The predicted octanol–water partition coefficient (Wildman–Crippen LogP) is 1.94. The lowest BCUT2D eigenvalue weighted by Gasteiger charge is -2.06. The Balaban J connectivity index is 1.93. The number of anilines is 1. The van der Waals surface area contributed by atoms with Crippen LogP contribution in [0, 0.1) is 5.82 Å². The minimum atomic E-state index is -0.566. The van der Waals surface area contributed by atoms with Gasteiger partial charge in [0.1, 0.15) is 17.8 Å². The van der Waals surface area contributed by atoms with Gasteiger partial charge in [0.2, 0.25) is 0 Å². The van der Waals surface area contributed by atoms with Crippen LogP contribution in [0.1, 0.15) is 13.3 Å². The zero-order chi connectivity index (χ0) is 15.5. The topological polar surface area (TPSA) is 96.5 Å². The summed E-state index contributed by atoms with van der Waals surface area (Å²) < 4.78 is 13.7. The molecular weight excluding hydrogens is 287 g/mol. The Morgan fingerprint density at radius 3 is 3.05 bits per heavy atom. The van der Waals surface area contributed by atoms with Gasteiger partial charge < -0.3 is 10.3 Å². The molecule has 0 saturated heterocycles. The van der Waals surface area contributed by atoms with E-state index in [4.69, 9.17) is 0 Å². The molecule has 2 N–H and O–H groups in total. The van der Waals surface area contributed by atoms with Crippen molar-refractivity contribution in [3.05, 3.63) is 30.7 Å². The maximum atomic E-state index is 13.7. The first-order chi connectivity index (χ1) is 10.6. The molecule has 3 aromatic heterocycles. The highest BCUT2D eigenvalue weighted by molar-refractivity contribution is 5.90. The van der Waals surface area contributed by atoms with E-state index in [9.17, 15) is 9.18 Å². The van der Waals surface area contributed by atoms with Gasteiger partial charge in [0.25, 0.3) is 0 Å². The van der Waals surface area contributed by atoms with Gasteiger partial charge >= 0.3 is 0 Å². The molecule has 7 nitrogen and oxygen atoms in total. The second-order valence-corrected chi connectivity index (χ2v) is 4.76. The third-order valence-corrected chi connectivity index (χ3v) is 3.11. The van der Waals surface area contributed by atoms with Gasteiger partial charge in [0, 0.05) is 36.3 Å². The van der Waals surface area contributed by atoms with E-state index < -0.39 is 5.82 Å². The Bertz CT molecular complexity index is 831. The highest BCUT2D eigenvalue weighted by atomic mass is 19.1. The number of Topliss-reactive ketones (excluding diaryl/α,β-unsaturated/α-hetero) is 1. The van der Waals surface area contributed by atoms with Crippen LogP contribution in [-0.2, 0) is 4.79 Å². The van der Waals surface area contributed by atoms with E-state index in [-0.39, 0.29) is 11.6 Å². The molecule has 112 valence electrons. The monoisotopic (exact) mass is 300 g/mol. The van der Waals surface area contributed by atoms with Gasteiger partial charge in [-0.3, -0.25) is 4.79 Å². The number of H-pyrrole nitrogens is 1. The van der Waals surface area contributed by atoms with E-state index in [1.54, 1.807) is 12.4 Å². The van der Waals surface area contributed by atoms with Crippen molar-refractivity contribution in [2.24, 2.45) is 0 Å². The molecule has 0 bridgehead atoms. The third-order valence-electron chi connectivity index (χ3n) is 3.11. The first kappa shape index (κ1) is 14.1. The number of nitrogens with one attached hydrogen (secondary N) is 2. The SMILES string of the molecule is CC(=O)CCNc1nc(-c2c[nH]c3ncncc23)ncc1F. The van der Waals surface area contributed by atoms with Crippen LogP contribution in [0.15, 0.2) is 24.9 Å². The molecule has 3 heterocycles. The molecule has 0 fully saturated rings. The van der Waals surface area contributed by atoms with Crippen molar-refractivity contribution < 1.29 is 9.18 Å². The maximum Gasteiger partial charge on any atom is 0.183 e. The Hall–Kier alpha value is -2.90. The Morgan fingerprint density at radius 1 is 1.36 bits per heavy atom. The number of carbonyl (C=O) groups excluding carboxylic acids is 1. The Labute approximate surface area is 125 Å². The largest absolute Gasteiger partial charge is 0.367 e. The zero-order valence-electron chi connectivity index (χ0n) is 11.8. The maximum absolute atomic E-state index is 13.7. The van der Waals surface area contributed by atoms with Crippen LogP contribution in [0.3, 0.4) is 0 Å². The number of hydrogen-bond acceptors (Lipinski definition) is 6. The van der Waals surface area contributed by atoms with Gasteiger partial charge in [-0.2, -0.15) is 0 Å². The molecule has 0 radical (unpaired) electrons. The minimum absolute atomic E-state index is 0.0240. The minimum Gasteiger partial charge on any atom is -0.367 e. The summed E-state index contributed by atoms with van der Waals surface area (Å²) in [6.45, 7) is 1.80. The molecule has 8 heteroatoms. The first-order valence-corrected chi connectivity index (χ1v) is 6.68. The van der Waals surface area contributed by atoms with Gasteiger partial charge in [-0.1, -0.05) is 0 Å². The van der Waals surface area contributed by atoms with Crippen LogP contribution in [0.25, 0.3) is 22.4 Å². The van der Waals surface area contributed by atoms with Crippen molar-refractivity contribution in [1.82, 2.24) is 24.9 Å². The van der Waals surface area contributed by atoms with Crippen molar-refractivity contribution in [3.8, 4) is 11.4 Å². The fourth-order valence-electron chi connectivity index (χ4n) is 2.02. The summed E-state index contributed by atoms with van der Waals surface area (Å²) in [5.41, 5.74) is 1.34. The van der Waals surface area contributed by atoms with Crippen LogP contribution >= 0.6 is 0 Å². The number of aromatic amines is 1. The molecule has 0 aliphatic carbocycles. The molecule has 3 aromatic rings. The summed E-state index contributed by atoms with van der Waals surface area (Å²) in [5.74, 6) is -0.121. The summed E-state index contributed by atoms with van der Waals surface area (Å²) in [6.07, 6.45) is 6.18. The molecule has 0 saturated carbocycles. The molecule has 3 rings (SSSR count). The van der Waals surface area contributed by atoms with Gasteiger partial charge in [0.15, 0.2) is 17.5 Å². The summed E-state index contributed by atoms with van der Waals surface area (Å²) in [6, 6.07) is 0.